The first-order valence-corrected chi connectivity index (χ1v) is 10.9. The number of hydrogen-bond donors (Lipinski definition) is 2. The summed E-state index contributed by atoms with van der Waals surface area (Å²) in [5, 5.41) is 14.7. The molecule has 1 unspecified atom stereocenters. The maximum absolute atomic E-state index is 10.3. The van der Waals surface area contributed by atoms with E-state index in [1.807, 2.05) is 48.5 Å². The van der Waals surface area contributed by atoms with Crippen molar-refractivity contribution in [3.63, 3.8) is 0 Å². The van der Waals surface area contributed by atoms with E-state index in [1.165, 1.54) is 0 Å². The van der Waals surface area contributed by atoms with E-state index in [1.54, 1.807) is 19.2 Å². The van der Waals surface area contributed by atoms with Crippen molar-refractivity contribution in [2.24, 2.45) is 0 Å². The number of aliphatic hydroxyl groups excluding tert-OH is 1. The highest BCUT2D eigenvalue weighted by Crippen LogP contribution is 2.34. The number of rotatable bonds is 9. The van der Waals surface area contributed by atoms with Crippen LogP contribution in [0.5, 0.6) is 11.5 Å². The zero-order valence-corrected chi connectivity index (χ0v) is 19.5. The first-order valence-electron chi connectivity index (χ1n) is 9.34. The fourth-order valence-corrected chi connectivity index (χ4v) is 3.84. The topological polar surface area (TPSA) is 50.7 Å². The molecular formula is C23H22BrCl2NO3. The van der Waals surface area contributed by atoms with Crippen LogP contribution < -0.4 is 14.8 Å². The van der Waals surface area contributed by atoms with Crippen LogP contribution in [-0.2, 0) is 13.2 Å². The molecule has 0 fully saturated rings. The molecule has 158 valence electrons. The van der Waals surface area contributed by atoms with Crippen molar-refractivity contribution >= 4 is 39.1 Å². The van der Waals surface area contributed by atoms with E-state index >= 15 is 0 Å². The molecule has 0 aliphatic rings. The second-order valence-corrected chi connectivity index (χ2v) is 8.37. The molecular weight excluding hydrogens is 489 g/mol. The van der Waals surface area contributed by atoms with Crippen molar-refractivity contribution in [2.75, 3.05) is 13.7 Å². The smallest absolute Gasteiger partial charge is 0.162 e. The van der Waals surface area contributed by atoms with E-state index < -0.39 is 6.10 Å². The van der Waals surface area contributed by atoms with E-state index in [9.17, 15) is 5.11 Å². The molecule has 3 aromatic carbocycles. The maximum atomic E-state index is 10.3. The minimum atomic E-state index is -0.571. The van der Waals surface area contributed by atoms with Crippen LogP contribution >= 0.6 is 39.1 Å². The van der Waals surface area contributed by atoms with Gasteiger partial charge < -0.3 is 19.9 Å². The number of aliphatic hydroxyl groups is 1. The minimum absolute atomic E-state index is 0.291. The Balaban J connectivity index is 1.63. The Morgan fingerprint density at radius 2 is 1.77 bits per heavy atom. The van der Waals surface area contributed by atoms with Crippen molar-refractivity contribution < 1.29 is 14.6 Å². The fraction of sp³-hybridized carbons (Fsp3) is 0.217. The molecule has 0 bridgehead atoms. The third kappa shape index (κ3) is 6.13. The highest BCUT2D eigenvalue weighted by atomic mass is 79.9. The van der Waals surface area contributed by atoms with Gasteiger partial charge in [0, 0.05) is 33.2 Å². The Hall–Kier alpha value is -1.76. The van der Waals surface area contributed by atoms with Gasteiger partial charge in [0.1, 0.15) is 6.61 Å². The zero-order chi connectivity index (χ0) is 21.5. The fourth-order valence-electron chi connectivity index (χ4n) is 2.92. The number of benzene rings is 3. The SMILES string of the molecule is COc1cc(CNCC(O)c2ccccc2)c(Br)cc1OCc1ccc(Cl)cc1Cl. The molecule has 30 heavy (non-hydrogen) atoms. The summed E-state index contributed by atoms with van der Waals surface area (Å²) in [5.41, 5.74) is 2.70. The molecule has 2 N–H and O–H groups in total. The highest BCUT2D eigenvalue weighted by molar-refractivity contribution is 9.10. The first-order chi connectivity index (χ1) is 14.5. The van der Waals surface area contributed by atoms with Crippen LogP contribution in [0.25, 0.3) is 0 Å². The second kappa shape index (κ2) is 11.0. The Morgan fingerprint density at radius 3 is 2.47 bits per heavy atom. The Bertz CT molecular complexity index is 986. The zero-order valence-electron chi connectivity index (χ0n) is 16.4. The lowest BCUT2D eigenvalue weighted by atomic mass is 10.1. The Morgan fingerprint density at radius 1 is 1.00 bits per heavy atom. The molecule has 0 aromatic heterocycles. The summed E-state index contributed by atoms with van der Waals surface area (Å²) in [6.07, 6.45) is -0.571. The van der Waals surface area contributed by atoms with E-state index in [4.69, 9.17) is 32.7 Å². The van der Waals surface area contributed by atoms with Crippen LogP contribution in [0.4, 0.5) is 0 Å². The largest absolute Gasteiger partial charge is 0.493 e. The van der Waals surface area contributed by atoms with E-state index in [0.29, 0.717) is 41.2 Å². The van der Waals surface area contributed by atoms with Gasteiger partial charge in [0.05, 0.1) is 13.2 Å². The molecule has 3 rings (SSSR count). The van der Waals surface area contributed by atoms with Crippen LogP contribution in [0.1, 0.15) is 22.8 Å². The maximum Gasteiger partial charge on any atom is 0.162 e. The number of methoxy groups -OCH3 is 1. The van der Waals surface area contributed by atoms with Crippen molar-refractivity contribution in [1.82, 2.24) is 5.32 Å². The molecule has 7 heteroatoms. The second-order valence-electron chi connectivity index (χ2n) is 6.68. The van der Waals surface area contributed by atoms with Gasteiger partial charge >= 0.3 is 0 Å². The van der Waals surface area contributed by atoms with E-state index in [0.717, 1.165) is 21.2 Å². The van der Waals surface area contributed by atoms with Gasteiger partial charge in [-0.3, -0.25) is 0 Å². The molecule has 0 radical (unpaired) electrons. The quantitative estimate of drug-likeness (QED) is 0.361. The van der Waals surface area contributed by atoms with Crippen LogP contribution in [0, 0.1) is 0 Å². The van der Waals surface area contributed by atoms with E-state index in [2.05, 4.69) is 21.2 Å². The van der Waals surface area contributed by atoms with Gasteiger partial charge in [-0.15, -0.1) is 0 Å². The molecule has 1 atom stereocenters. The lowest BCUT2D eigenvalue weighted by Crippen LogP contribution is -2.21. The van der Waals surface area contributed by atoms with Gasteiger partial charge in [0.2, 0.25) is 0 Å². The van der Waals surface area contributed by atoms with Crippen molar-refractivity contribution in [3.8, 4) is 11.5 Å². The molecule has 0 amide bonds. The molecule has 0 spiro atoms. The van der Waals surface area contributed by atoms with E-state index in [-0.39, 0.29) is 0 Å². The molecule has 3 aromatic rings. The van der Waals surface area contributed by atoms with Crippen molar-refractivity contribution in [1.29, 1.82) is 0 Å². The summed E-state index contributed by atoms with van der Waals surface area (Å²) in [4.78, 5) is 0. The number of ether oxygens (including phenoxy) is 2. The number of nitrogens with one attached hydrogen (secondary N) is 1. The normalized spacial score (nSPS) is 11.9. The predicted molar refractivity (Wildman–Crippen MR) is 125 cm³/mol. The van der Waals surface area contributed by atoms with Crippen LogP contribution in [-0.4, -0.2) is 18.8 Å². The van der Waals surface area contributed by atoms with Gasteiger partial charge in [-0.25, -0.2) is 0 Å². The van der Waals surface area contributed by atoms with Gasteiger partial charge in [-0.05, 0) is 35.4 Å². The summed E-state index contributed by atoms with van der Waals surface area (Å²) in [5.74, 6) is 1.21. The molecule has 0 heterocycles. The van der Waals surface area contributed by atoms with Crippen LogP contribution in [0.15, 0.2) is 65.1 Å². The van der Waals surface area contributed by atoms with Gasteiger partial charge in [-0.1, -0.05) is 75.5 Å². The lowest BCUT2D eigenvalue weighted by molar-refractivity contribution is 0.174. The summed E-state index contributed by atoms with van der Waals surface area (Å²) in [6, 6.07) is 18.6. The molecule has 4 nitrogen and oxygen atoms in total. The first kappa shape index (κ1) is 22.9. The van der Waals surface area contributed by atoms with Gasteiger partial charge in [0.25, 0.3) is 0 Å². The molecule has 0 aliphatic heterocycles. The monoisotopic (exact) mass is 509 g/mol. The Labute approximate surface area is 194 Å². The summed E-state index contributed by atoms with van der Waals surface area (Å²) < 4.78 is 12.3. The van der Waals surface area contributed by atoms with Gasteiger partial charge in [-0.2, -0.15) is 0 Å². The molecule has 0 saturated heterocycles. The third-order valence-corrected chi connectivity index (χ3v) is 5.89. The number of halogens is 3. The van der Waals surface area contributed by atoms with Crippen molar-refractivity contribution in [2.45, 2.75) is 19.3 Å². The van der Waals surface area contributed by atoms with Crippen LogP contribution in [0.3, 0.4) is 0 Å². The van der Waals surface area contributed by atoms with Crippen molar-refractivity contribution in [3.05, 3.63) is 91.9 Å². The third-order valence-electron chi connectivity index (χ3n) is 4.57. The summed E-state index contributed by atoms with van der Waals surface area (Å²) in [6.45, 7) is 1.29. The predicted octanol–water partition coefficient (Wildman–Crippen LogP) is 6.17. The van der Waals surface area contributed by atoms with Crippen LogP contribution in [0.2, 0.25) is 10.0 Å². The molecule has 0 saturated carbocycles. The summed E-state index contributed by atoms with van der Waals surface area (Å²) in [7, 11) is 1.60. The average molecular weight is 511 g/mol. The average Bonchev–Trinajstić information content (AvgIpc) is 2.75. The van der Waals surface area contributed by atoms with Gasteiger partial charge in [0.15, 0.2) is 11.5 Å². The number of hydrogen-bond acceptors (Lipinski definition) is 4. The molecule has 0 aliphatic carbocycles. The minimum Gasteiger partial charge on any atom is -0.493 e. The highest BCUT2D eigenvalue weighted by Gasteiger charge is 2.13. The summed E-state index contributed by atoms with van der Waals surface area (Å²) >= 11 is 15.8. The lowest BCUT2D eigenvalue weighted by Gasteiger charge is -2.16. The Kier molecular flexibility index (Phi) is 8.42. The standard InChI is InChI=1S/C23H22BrCl2NO3/c1-29-22-9-17(12-27-13-21(28)15-5-3-2-4-6-15)19(24)11-23(22)30-14-16-7-8-18(25)10-20(16)26/h2-11,21,27-28H,12-14H2,1H3.